The van der Waals surface area contributed by atoms with Gasteiger partial charge < -0.3 is 14.4 Å². The molecule has 1 amide bonds. The van der Waals surface area contributed by atoms with Crippen LogP contribution in [0.4, 0.5) is 5.69 Å². The summed E-state index contributed by atoms with van der Waals surface area (Å²) in [5.41, 5.74) is -0.172. The number of rotatable bonds is 6. The molecule has 4 rings (SSSR count). The molecular weight excluding hydrogens is 390 g/mol. The van der Waals surface area contributed by atoms with Crippen LogP contribution in [0.5, 0.6) is 0 Å². The minimum absolute atomic E-state index is 0.285. The van der Waals surface area contributed by atoms with Gasteiger partial charge in [0.25, 0.3) is 5.91 Å². The fourth-order valence-electron chi connectivity index (χ4n) is 3.49. The third-order valence-electron chi connectivity index (χ3n) is 4.88. The molecule has 0 saturated carbocycles. The van der Waals surface area contributed by atoms with Crippen LogP contribution in [0.1, 0.15) is 23.3 Å². The number of carbonyl (C=O) groups is 2. The van der Waals surface area contributed by atoms with Crippen LogP contribution < -0.4 is 4.90 Å². The number of amides is 1. The summed E-state index contributed by atoms with van der Waals surface area (Å²) >= 11 is 6.12. The summed E-state index contributed by atoms with van der Waals surface area (Å²) in [5, 5.41) is 11.7. The fourth-order valence-corrected chi connectivity index (χ4v) is 3.66. The molecule has 29 heavy (non-hydrogen) atoms. The van der Waals surface area contributed by atoms with Gasteiger partial charge in [-0.25, -0.2) is 0 Å². The molecule has 1 unspecified atom stereocenters. The average molecular weight is 408 g/mol. The van der Waals surface area contributed by atoms with Gasteiger partial charge in [-0.05, 0) is 48.0 Å². The Hall–Kier alpha value is -3.15. The summed E-state index contributed by atoms with van der Waals surface area (Å²) in [4.78, 5) is 27.2. The van der Waals surface area contributed by atoms with Crippen LogP contribution in [0.2, 0.25) is 5.02 Å². The van der Waals surface area contributed by atoms with Gasteiger partial charge in [-0.2, -0.15) is 0 Å². The van der Waals surface area contributed by atoms with Gasteiger partial charge in [-0.15, -0.1) is 0 Å². The second kappa shape index (κ2) is 7.70. The molecule has 1 aromatic heterocycles. The molecule has 0 saturated heterocycles. The van der Waals surface area contributed by atoms with Crippen molar-refractivity contribution in [2.24, 2.45) is 0 Å². The zero-order valence-electron chi connectivity index (χ0n) is 15.4. The van der Waals surface area contributed by atoms with Crippen LogP contribution in [0.15, 0.2) is 77.4 Å². The first-order valence-corrected chi connectivity index (χ1v) is 9.48. The quantitative estimate of drug-likeness (QED) is 0.617. The van der Waals surface area contributed by atoms with Crippen molar-refractivity contribution in [1.29, 1.82) is 0 Å². The normalized spacial score (nSPS) is 18.4. The van der Waals surface area contributed by atoms with E-state index in [2.05, 4.69) is 0 Å². The van der Waals surface area contributed by atoms with Gasteiger partial charge in [-0.1, -0.05) is 41.9 Å². The maximum Gasteiger partial charge on any atom is 0.264 e. The maximum atomic E-state index is 13.2. The Morgan fingerprint density at radius 1 is 1.14 bits per heavy atom. The zero-order valence-corrected chi connectivity index (χ0v) is 16.2. The van der Waals surface area contributed by atoms with E-state index >= 15 is 0 Å². The summed E-state index contributed by atoms with van der Waals surface area (Å²) in [7, 11) is 0. The maximum absolute atomic E-state index is 13.2. The summed E-state index contributed by atoms with van der Waals surface area (Å²) < 4.78 is 5.16. The molecule has 2 aromatic carbocycles. The number of hydrogen-bond acceptors (Lipinski definition) is 4. The van der Waals surface area contributed by atoms with E-state index in [1.165, 1.54) is 23.3 Å². The van der Waals surface area contributed by atoms with Gasteiger partial charge in [0.1, 0.15) is 5.76 Å². The van der Waals surface area contributed by atoms with Gasteiger partial charge in [0.15, 0.2) is 11.4 Å². The number of fused-ring (bicyclic) bond motifs is 1. The summed E-state index contributed by atoms with van der Waals surface area (Å²) in [6, 6.07) is 17.8. The van der Waals surface area contributed by atoms with Crippen LogP contribution in [0.25, 0.3) is 6.08 Å². The van der Waals surface area contributed by atoms with Crippen molar-refractivity contribution in [2.75, 3.05) is 4.90 Å². The lowest BCUT2D eigenvalue weighted by molar-refractivity contribution is -0.140. The van der Waals surface area contributed by atoms with Gasteiger partial charge in [0.05, 0.1) is 24.9 Å². The Kier molecular flexibility index (Phi) is 5.09. The number of benzene rings is 2. The summed E-state index contributed by atoms with van der Waals surface area (Å²) in [6.07, 6.45) is 3.92. The van der Waals surface area contributed by atoms with Gasteiger partial charge in [0, 0.05) is 10.6 Å². The molecule has 0 fully saturated rings. The first kappa shape index (κ1) is 19.2. The van der Waals surface area contributed by atoms with Gasteiger partial charge in [0.2, 0.25) is 0 Å². The Balaban J connectivity index is 1.64. The number of furan rings is 1. The minimum atomic E-state index is -1.97. The van der Waals surface area contributed by atoms with E-state index in [1.807, 2.05) is 30.3 Å². The van der Waals surface area contributed by atoms with E-state index in [0.29, 0.717) is 22.0 Å². The third kappa shape index (κ3) is 3.75. The third-order valence-corrected chi connectivity index (χ3v) is 5.12. The van der Waals surface area contributed by atoms with E-state index in [1.54, 1.807) is 30.3 Å². The van der Waals surface area contributed by atoms with E-state index in [0.717, 1.165) is 5.56 Å². The number of anilines is 1. The van der Waals surface area contributed by atoms with E-state index in [-0.39, 0.29) is 13.0 Å². The summed E-state index contributed by atoms with van der Waals surface area (Å²) in [6.45, 7) is 0.285. The van der Waals surface area contributed by atoms with Crippen molar-refractivity contribution in [1.82, 2.24) is 0 Å². The van der Waals surface area contributed by atoms with Crippen LogP contribution in [0.3, 0.4) is 0 Å². The number of carbonyl (C=O) groups excluding carboxylic acids is 2. The standard InChI is InChI=1S/C23H18ClNO4/c24-17-8-11-21-20(13-17)23(28,14-18(26)9-10-19-7-4-12-29-19)22(27)25(21)15-16-5-2-1-3-6-16/h1-13,28H,14-15H2. The second-order valence-electron chi connectivity index (χ2n) is 6.89. The number of aliphatic hydroxyl groups is 1. The molecule has 0 spiro atoms. The van der Waals surface area contributed by atoms with Gasteiger partial charge in [-0.3, -0.25) is 9.59 Å². The molecule has 1 aliphatic heterocycles. The number of nitrogens with zero attached hydrogens (tertiary/aromatic N) is 1. The predicted molar refractivity (Wildman–Crippen MR) is 110 cm³/mol. The highest BCUT2D eigenvalue weighted by Crippen LogP contribution is 2.44. The van der Waals surface area contributed by atoms with Crippen molar-refractivity contribution in [3.8, 4) is 0 Å². The van der Waals surface area contributed by atoms with E-state index in [4.69, 9.17) is 16.0 Å². The molecule has 0 aliphatic carbocycles. The lowest BCUT2D eigenvalue weighted by Gasteiger charge is -2.22. The number of hydrogen-bond donors (Lipinski definition) is 1. The van der Waals surface area contributed by atoms with Crippen LogP contribution >= 0.6 is 11.6 Å². The lowest BCUT2D eigenvalue weighted by atomic mass is 9.90. The highest BCUT2D eigenvalue weighted by atomic mass is 35.5. The van der Waals surface area contributed by atoms with Crippen LogP contribution in [-0.2, 0) is 21.7 Å². The van der Waals surface area contributed by atoms with Crippen molar-refractivity contribution in [3.63, 3.8) is 0 Å². The van der Waals surface area contributed by atoms with Gasteiger partial charge >= 0.3 is 0 Å². The minimum Gasteiger partial charge on any atom is -0.465 e. The topological polar surface area (TPSA) is 70.7 Å². The Labute approximate surface area is 172 Å². The summed E-state index contributed by atoms with van der Waals surface area (Å²) in [5.74, 6) is -0.430. The molecule has 0 radical (unpaired) electrons. The lowest BCUT2D eigenvalue weighted by Crippen LogP contribution is -2.41. The Bertz CT molecular complexity index is 1080. The Morgan fingerprint density at radius 2 is 1.93 bits per heavy atom. The predicted octanol–water partition coefficient (Wildman–Crippen LogP) is 4.34. The molecule has 1 N–H and O–H groups in total. The molecule has 3 aromatic rings. The molecule has 2 heterocycles. The van der Waals surface area contributed by atoms with Crippen LogP contribution in [0, 0.1) is 0 Å². The average Bonchev–Trinajstić information content (AvgIpc) is 3.30. The molecule has 5 nitrogen and oxygen atoms in total. The second-order valence-corrected chi connectivity index (χ2v) is 7.33. The smallest absolute Gasteiger partial charge is 0.264 e. The fraction of sp³-hybridized carbons (Fsp3) is 0.130. The van der Waals surface area contributed by atoms with Crippen molar-refractivity contribution in [3.05, 3.63) is 94.9 Å². The van der Waals surface area contributed by atoms with E-state index in [9.17, 15) is 14.7 Å². The number of allylic oxidation sites excluding steroid dienone is 1. The van der Waals surface area contributed by atoms with Crippen molar-refractivity contribution in [2.45, 2.75) is 18.6 Å². The first-order chi connectivity index (χ1) is 14.0. The first-order valence-electron chi connectivity index (χ1n) is 9.10. The van der Waals surface area contributed by atoms with Crippen molar-refractivity contribution < 1.29 is 19.1 Å². The SMILES string of the molecule is O=C(C=Cc1ccco1)CC1(O)C(=O)N(Cc2ccccc2)c2ccc(Cl)cc21. The molecule has 0 bridgehead atoms. The molecule has 1 aliphatic rings. The number of halogens is 1. The van der Waals surface area contributed by atoms with Crippen molar-refractivity contribution >= 4 is 35.1 Å². The highest BCUT2D eigenvalue weighted by Gasteiger charge is 2.50. The molecule has 146 valence electrons. The number of ketones is 1. The Morgan fingerprint density at radius 3 is 2.66 bits per heavy atom. The zero-order chi connectivity index (χ0) is 20.4. The van der Waals surface area contributed by atoms with E-state index < -0.39 is 17.3 Å². The monoisotopic (exact) mass is 407 g/mol. The molecule has 6 heteroatoms. The molecular formula is C23H18ClNO4. The molecule has 1 atom stereocenters. The van der Waals surface area contributed by atoms with Crippen LogP contribution in [-0.4, -0.2) is 16.8 Å². The largest absolute Gasteiger partial charge is 0.465 e. The highest BCUT2D eigenvalue weighted by molar-refractivity contribution is 6.31.